The van der Waals surface area contributed by atoms with Crippen LogP contribution in [0.25, 0.3) is 21.9 Å². The number of aromatic nitrogens is 1. The molecule has 0 amide bonds. The summed E-state index contributed by atoms with van der Waals surface area (Å²) in [5.74, 6) is 1.49. The van der Waals surface area contributed by atoms with Gasteiger partial charge in [-0.2, -0.15) is 0 Å². The van der Waals surface area contributed by atoms with Crippen LogP contribution in [-0.4, -0.2) is 14.2 Å². The molecular formula is C18H18NO2+. The zero-order valence-corrected chi connectivity index (χ0v) is 12.5. The van der Waals surface area contributed by atoms with Gasteiger partial charge in [-0.15, -0.1) is 0 Å². The minimum atomic E-state index is 0.746. The highest BCUT2D eigenvalue weighted by Gasteiger charge is 2.14. The number of ether oxygens (including phenoxy) is 2. The predicted octanol–water partition coefficient (Wildman–Crippen LogP) is 3.35. The van der Waals surface area contributed by atoms with Gasteiger partial charge < -0.3 is 9.47 Å². The van der Waals surface area contributed by atoms with E-state index in [1.54, 1.807) is 14.2 Å². The van der Waals surface area contributed by atoms with Crippen LogP contribution < -0.4 is 14.0 Å². The third-order valence-corrected chi connectivity index (χ3v) is 3.61. The molecule has 0 unspecified atom stereocenters. The highest BCUT2D eigenvalue weighted by Crippen LogP contribution is 2.35. The molecule has 0 aliphatic rings. The number of nitrogens with zero attached hydrogens (tertiary/aromatic N) is 1. The minimum Gasteiger partial charge on any atom is -0.493 e. The van der Waals surface area contributed by atoms with Crippen LogP contribution in [0.1, 0.15) is 0 Å². The zero-order valence-electron chi connectivity index (χ0n) is 12.5. The SMILES string of the molecule is COc1cc2c[n+](C)cc(-c3ccccc3)c2cc1OC. The van der Waals surface area contributed by atoms with Crippen LogP contribution in [0.15, 0.2) is 54.9 Å². The first-order valence-corrected chi connectivity index (χ1v) is 6.83. The number of methoxy groups -OCH3 is 2. The molecule has 0 spiro atoms. The molecule has 0 aliphatic carbocycles. The van der Waals surface area contributed by atoms with Crippen LogP contribution >= 0.6 is 0 Å². The first-order valence-electron chi connectivity index (χ1n) is 6.83. The van der Waals surface area contributed by atoms with E-state index in [1.165, 1.54) is 11.1 Å². The summed E-state index contributed by atoms with van der Waals surface area (Å²) >= 11 is 0. The van der Waals surface area contributed by atoms with Crippen LogP contribution in [0.3, 0.4) is 0 Å². The second-order valence-electron chi connectivity index (χ2n) is 5.00. The Balaban J connectivity index is 2.34. The van der Waals surface area contributed by atoms with Gasteiger partial charge in [-0.05, 0) is 17.7 Å². The minimum absolute atomic E-state index is 0.746. The van der Waals surface area contributed by atoms with Crippen LogP contribution in [0.2, 0.25) is 0 Å². The second kappa shape index (κ2) is 5.44. The fourth-order valence-electron chi connectivity index (χ4n) is 2.61. The number of aryl methyl sites for hydroxylation is 1. The molecule has 1 heterocycles. The van der Waals surface area contributed by atoms with Gasteiger partial charge in [0.1, 0.15) is 7.05 Å². The number of rotatable bonds is 3. The van der Waals surface area contributed by atoms with E-state index in [2.05, 4.69) is 41.2 Å². The van der Waals surface area contributed by atoms with Gasteiger partial charge in [-0.3, -0.25) is 0 Å². The van der Waals surface area contributed by atoms with Gasteiger partial charge in [0.2, 0.25) is 0 Å². The molecule has 3 heteroatoms. The zero-order chi connectivity index (χ0) is 14.8. The van der Waals surface area contributed by atoms with Gasteiger partial charge in [0.05, 0.1) is 25.2 Å². The van der Waals surface area contributed by atoms with E-state index in [4.69, 9.17) is 9.47 Å². The Labute approximate surface area is 124 Å². The van der Waals surface area contributed by atoms with E-state index in [0.717, 1.165) is 22.3 Å². The van der Waals surface area contributed by atoms with Crippen LogP contribution in [0.5, 0.6) is 11.5 Å². The maximum atomic E-state index is 5.43. The highest BCUT2D eigenvalue weighted by molar-refractivity contribution is 5.97. The molecule has 1 aromatic heterocycles. The number of hydrogen-bond acceptors (Lipinski definition) is 2. The number of pyridine rings is 1. The van der Waals surface area contributed by atoms with Crippen molar-refractivity contribution < 1.29 is 14.0 Å². The van der Waals surface area contributed by atoms with E-state index >= 15 is 0 Å². The van der Waals surface area contributed by atoms with E-state index < -0.39 is 0 Å². The monoisotopic (exact) mass is 280 g/mol. The van der Waals surface area contributed by atoms with Crippen LogP contribution in [0, 0.1) is 0 Å². The predicted molar refractivity (Wildman–Crippen MR) is 83.7 cm³/mol. The van der Waals surface area contributed by atoms with Gasteiger partial charge in [0.25, 0.3) is 0 Å². The summed E-state index contributed by atoms with van der Waals surface area (Å²) in [6.07, 6.45) is 4.22. The summed E-state index contributed by atoms with van der Waals surface area (Å²) in [6.45, 7) is 0. The van der Waals surface area contributed by atoms with Crippen LogP contribution in [-0.2, 0) is 7.05 Å². The quantitative estimate of drug-likeness (QED) is 0.686. The summed E-state index contributed by atoms with van der Waals surface area (Å²) in [7, 11) is 5.35. The standard InChI is InChI=1S/C18H18NO2/c1-19-11-14-9-17(20-2)18(21-3)10-15(14)16(12-19)13-7-5-4-6-8-13/h4-12H,1-3H3/q+1. The summed E-state index contributed by atoms with van der Waals surface area (Å²) in [5.41, 5.74) is 2.36. The topological polar surface area (TPSA) is 22.3 Å². The highest BCUT2D eigenvalue weighted by atomic mass is 16.5. The smallest absolute Gasteiger partial charge is 0.177 e. The van der Waals surface area contributed by atoms with Gasteiger partial charge in [-0.1, -0.05) is 30.3 Å². The molecule has 3 aromatic rings. The van der Waals surface area contributed by atoms with Crippen molar-refractivity contribution in [2.75, 3.05) is 14.2 Å². The van der Waals surface area contributed by atoms with Crippen molar-refractivity contribution in [2.45, 2.75) is 0 Å². The molecule has 0 N–H and O–H groups in total. The first-order chi connectivity index (χ1) is 10.2. The van der Waals surface area contributed by atoms with Crippen molar-refractivity contribution in [1.82, 2.24) is 0 Å². The van der Waals surface area contributed by atoms with Crippen LogP contribution in [0.4, 0.5) is 0 Å². The lowest BCUT2D eigenvalue weighted by atomic mass is 10.0. The number of fused-ring (bicyclic) bond motifs is 1. The van der Waals surface area contributed by atoms with E-state index in [0.29, 0.717) is 0 Å². The fourth-order valence-corrected chi connectivity index (χ4v) is 2.61. The summed E-state index contributed by atoms with van der Waals surface area (Å²) < 4.78 is 12.9. The Kier molecular flexibility index (Phi) is 3.48. The van der Waals surface area contributed by atoms with Crippen molar-refractivity contribution in [3.8, 4) is 22.6 Å². The van der Waals surface area contributed by atoms with E-state index in [1.807, 2.05) is 25.2 Å². The molecule has 0 bridgehead atoms. The van der Waals surface area contributed by atoms with Crippen molar-refractivity contribution >= 4 is 10.8 Å². The largest absolute Gasteiger partial charge is 0.493 e. The third-order valence-electron chi connectivity index (χ3n) is 3.61. The number of hydrogen-bond donors (Lipinski definition) is 0. The third kappa shape index (κ3) is 2.42. The van der Waals surface area contributed by atoms with Gasteiger partial charge in [0.15, 0.2) is 23.9 Å². The fraction of sp³-hybridized carbons (Fsp3) is 0.167. The molecule has 21 heavy (non-hydrogen) atoms. The molecular weight excluding hydrogens is 262 g/mol. The van der Waals surface area contributed by atoms with Gasteiger partial charge >= 0.3 is 0 Å². The van der Waals surface area contributed by atoms with Gasteiger partial charge in [0, 0.05) is 5.39 Å². The normalized spacial score (nSPS) is 10.6. The summed E-state index contributed by atoms with van der Waals surface area (Å²) in [4.78, 5) is 0. The summed E-state index contributed by atoms with van der Waals surface area (Å²) in [6, 6.07) is 14.4. The Morgan fingerprint density at radius 2 is 1.52 bits per heavy atom. The van der Waals surface area contributed by atoms with E-state index in [-0.39, 0.29) is 0 Å². The Morgan fingerprint density at radius 1 is 0.857 bits per heavy atom. The molecule has 0 saturated carbocycles. The Hall–Kier alpha value is -2.55. The Bertz CT molecular complexity index is 782. The molecule has 0 aliphatic heterocycles. The molecule has 106 valence electrons. The van der Waals surface area contributed by atoms with Gasteiger partial charge in [-0.25, -0.2) is 4.57 Å². The Morgan fingerprint density at radius 3 is 2.19 bits per heavy atom. The van der Waals surface area contributed by atoms with Crippen molar-refractivity contribution in [3.63, 3.8) is 0 Å². The molecule has 3 rings (SSSR count). The van der Waals surface area contributed by atoms with Crippen molar-refractivity contribution in [2.24, 2.45) is 7.05 Å². The maximum absolute atomic E-state index is 5.43. The number of benzene rings is 2. The lowest BCUT2D eigenvalue weighted by Gasteiger charge is -2.11. The first kappa shape index (κ1) is 13.4. The average Bonchev–Trinajstić information content (AvgIpc) is 2.53. The van der Waals surface area contributed by atoms with Crippen molar-refractivity contribution in [3.05, 3.63) is 54.9 Å². The molecule has 0 radical (unpaired) electrons. The molecule has 0 fully saturated rings. The summed E-state index contributed by atoms with van der Waals surface area (Å²) in [5, 5.41) is 2.27. The molecule has 3 nitrogen and oxygen atoms in total. The lowest BCUT2D eigenvalue weighted by molar-refractivity contribution is -0.669. The average molecular weight is 280 g/mol. The lowest BCUT2D eigenvalue weighted by Crippen LogP contribution is -2.26. The molecule has 0 saturated heterocycles. The molecule has 2 aromatic carbocycles. The van der Waals surface area contributed by atoms with Crippen molar-refractivity contribution in [1.29, 1.82) is 0 Å². The van der Waals surface area contributed by atoms with E-state index in [9.17, 15) is 0 Å². The second-order valence-corrected chi connectivity index (χ2v) is 5.00. The maximum Gasteiger partial charge on any atom is 0.177 e. The molecule has 0 atom stereocenters.